The first-order valence-electron chi connectivity index (χ1n) is 7.30. The molecule has 3 aromatic rings. The molecule has 0 aliphatic heterocycles. The molecule has 116 valence electrons. The summed E-state index contributed by atoms with van der Waals surface area (Å²) in [6, 6.07) is 16.2. The lowest BCUT2D eigenvalue weighted by atomic mass is 10.2. The van der Waals surface area contributed by atoms with E-state index in [1.54, 1.807) is 24.4 Å². The van der Waals surface area contributed by atoms with Crippen LogP contribution in [0, 0.1) is 19.7 Å². The smallest absolute Gasteiger partial charge is 0.148 e. The van der Waals surface area contributed by atoms with Crippen molar-refractivity contribution in [2.75, 3.05) is 0 Å². The molecule has 0 bridgehead atoms. The van der Waals surface area contributed by atoms with Crippen LogP contribution in [0.3, 0.4) is 0 Å². The molecular weight excluding hydrogens is 311 g/mol. The third-order valence-electron chi connectivity index (χ3n) is 3.75. The summed E-state index contributed by atoms with van der Waals surface area (Å²) in [5, 5.41) is 0.706. The predicted octanol–water partition coefficient (Wildman–Crippen LogP) is 5.64. The van der Waals surface area contributed by atoms with Crippen molar-refractivity contribution in [1.29, 1.82) is 0 Å². The Morgan fingerprint density at radius 2 is 1.74 bits per heavy atom. The van der Waals surface area contributed by atoms with Crippen molar-refractivity contribution in [3.63, 3.8) is 0 Å². The molecule has 4 heteroatoms. The lowest BCUT2D eigenvalue weighted by molar-refractivity contribution is 0.630. The molecule has 0 atom stereocenters. The quantitative estimate of drug-likeness (QED) is 0.554. The second-order valence-electron chi connectivity index (χ2n) is 5.35. The summed E-state index contributed by atoms with van der Waals surface area (Å²) in [6.45, 7) is 4.05. The van der Waals surface area contributed by atoms with Crippen molar-refractivity contribution in [1.82, 2.24) is 4.57 Å². The highest BCUT2D eigenvalue weighted by Gasteiger charge is 2.09. The van der Waals surface area contributed by atoms with Crippen LogP contribution in [0.5, 0.6) is 0 Å². The molecule has 1 heterocycles. The van der Waals surface area contributed by atoms with E-state index in [0.717, 1.165) is 22.6 Å². The van der Waals surface area contributed by atoms with Crippen LogP contribution in [-0.4, -0.2) is 10.8 Å². The van der Waals surface area contributed by atoms with Crippen LogP contribution in [0.1, 0.15) is 17.0 Å². The van der Waals surface area contributed by atoms with Crippen LogP contribution >= 0.6 is 11.6 Å². The van der Waals surface area contributed by atoms with Crippen molar-refractivity contribution in [3.8, 4) is 5.69 Å². The molecule has 2 nitrogen and oxygen atoms in total. The molecule has 0 radical (unpaired) electrons. The molecule has 23 heavy (non-hydrogen) atoms. The molecule has 0 fully saturated rings. The SMILES string of the molecule is Cc1cc(C=Nc2ccccc2F)c(C)n1-c1ccc(Cl)cc1. The summed E-state index contributed by atoms with van der Waals surface area (Å²) in [5.41, 5.74) is 4.46. The maximum absolute atomic E-state index is 13.6. The number of benzene rings is 2. The summed E-state index contributed by atoms with van der Waals surface area (Å²) >= 11 is 5.95. The lowest BCUT2D eigenvalue weighted by Gasteiger charge is -2.09. The molecule has 0 saturated heterocycles. The zero-order valence-corrected chi connectivity index (χ0v) is 13.7. The molecule has 3 rings (SSSR count). The van der Waals surface area contributed by atoms with E-state index in [2.05, 4.69) is 9.56 Å². The Hall–Kier alpha value is -2.39. The predicted molar refractivity (Wildman–Crippen MR) is 93.9 cm³/mol. The van der Waals surface area contributed by atoms with Gasteiger partial charge < -0.3 is 4.57 Å². The Morgan fingerprint density at radius 1 is 1.04 bits per heavy atom. The normalized spacial score (nSPS) is 11.3. The highest BCUT2D eigenvalue weighted by atomic mass is 35.5. The summed E-state index contributed by atoms with van der Waals surface area (Å²) in [6.07, 6.45) is 1.70. The zero-order valence-electron chi connectivity index (χ0n) is 12.9. The molecule has 0 saturated carbocycles. The van der Waals surface area contributed by atoms with Crippen LogP contribution in [-0.2, 0) is 0 Å². The number of aliphatic imine (C=N–C) groups is 1. The minimum atomic E-state index is -0.324. The molecule has 2 aromatic carbocycles. The minimum absolute atomic E-state index is 0.324. The first-order valence-corrected chi connectivity index (χ1v) is 7.67. The number of rotatable bonds is 3. The van der Waals surface area contributed by atoms with Crippen LogP contribution in [0.2, 0.25) is 5.02 Å². The maximum atomic E-state index is 13.6. The number of aromatic nitrogens is 1. The molecule has 1 aromatic heterocycles. The minimum Gasteiger partial charge on any atom is -0.318 e. The topological polar surface area (TPSA) is 17.3 Å². The van der Waals surface area contributed by atoms with E-state index in [0.29, 0.717) is 10.7 Å². The third-order valence-corrected chi connectivity index (χ3v) is 4.00. The summed E-state index contributed by atoms with van der Waals surface area (Å²) in [5.74, 6) is -0.324. The summed E-state index contributed by atoms with van der Waals surface area (Å²) < 4.78 is 15.8. The fourth-order valence-electron chi connectivity index (χ4n) is 2.60. The van der Waals surface area contributed by atoms with Gasteiger partial charge in [0.1, 0.15) is 5.82 Å². The fraction of sp³-hybridized carbons (Fsp3) is 0.105. The van der Waals surface area contributed by atoms with Gasteiger partial charge in [-0.25, -0.2) is 4.39 Å². The van der Waals surface area contributed by atoms with Gasteiger partial charge in [-0.1, -0.05) is 23.7 Å². The highest BCUT2D eigenvalue weighted by Crippen LogP contribution is 2.22. The van der Waals surface area contributed by atoms with Crippen molar-refractivity contribution in [3.05, 3.63) is 82.4 Å². The first-order chi connectivity index (χ1) is 11.1. The number of nitrogens with zero attached hydrogens (tertiary/aromatic N) is 2. The van der Waals surface area contributed by atoms with Gasteiger partial charge in [0.25, 0.3) is 0 Å². The monoisotopic (exact) mass is 326 g/mol. The molecular formula is C19H16ClFN2. The Balaban J connectivity index is 1.98. The standard InChI is InChI=1S/C19H16ClFN2/c1-13-11-15(12-22-19-6-4-3-5-18(19)21)14(2)23(13)17-9-7-16(20)8-10-17/h3-12H,1-2H3. The van der Waals surface area contributed by atoms with Gasteiger partial charge in [-0.05, 0) is 56.3 Å². The largest absolute Gasteiger partial charge is 0.318 e. The van der Waals surface area contributed by atoms with Gasteiger partial charge in [-0.3, -0.25) is 4.99 Å². The van der Waals surface area contributed by atoms with Crippen LogP contribution in [0.4, 0.5) is 10.1 Å². The van der Waals surface area contributed by atoms with Gasteiger partial charge in [-0.2, -0.15) is 0 Å². The van der Waals surface area contributed by atoms with Crippen molar-refractivity contribution >= 4 is 23.5 Å². The number of aryl methyl sites for hydroxylation is 1. The number of halogens is 2. The van der Waals surface area contributed by atoms with E-state index >= 15 is 0 Å². The Morgan fingerprint density at radius 3 is 2.43 bits per heavy atom. The Kier molecular flexibility index (Phi) is 4.30. The second kappa shape index (κ2) is 6.39. The van der Waals surface area contributed by atoms with E-state index in [1.807, 2.05) is 44.2 Å². The highest BCUT2D eigenvalue weighted by molar-refractivity contribution is 6.30. The Bertz CT molecular complexity index is 864. The molecule has 0 amide bonds. The first kappa shape index (κ1) is 15.5. The molecule has 0 aliphatic carbocycles. The van der Waals surface area contributed by atoms with E-state index in [-0.39, 0.29) is 5.82 Å². The van der Waals surface area contributed by atoms with Crippen molar-refractivity contribution in [2.45, 2.75) is 13.8 Å². The lowest BCUT2D eigenvalue weighted by Crippen LogP contribution is -1.99. The molecule has 0 unspecified atom stereocenters. The molecule has 0 aliphatic rings. The van der Waals surface area contributed by atoms with Crippen molar-refractivity contribution < 1.29 is 4.39 Å². The van der Waals surface area contributed by atoms with E-state index in [4.69, 9.17) is 11.6 Å². The summed E-state index contributed by atoms with van der Waals surface area (Å²) in [4.78, 5) is 4.26. The van der Waals surface area contributed by atoms with Gasteiger partial charge in [0.2, 0.25) is 0 Å². The van der Waals surface area contributed by atoms with Crippen LogP contribution in [0.15, 0.2) is 59.6 Å². The van der Waals surface area contributed by atoms with Gasteiger partial charge in [0.15, 0.2) is 0 Å². The maximum Gasteiger partial charge on any atom is 0.148 e. The average molecular weight is 327 g/mol. The van der Waals surface area contributed by atoms with Gasteiger partial charge in [-0.15, -0.1) is 0 Å². The number of para-hydroxylation sites is 1. The Labute approximate surface area is 139 Å². The van der Waals surface area contributed by atoms with Crippen molar-refractivity contribution in [2.24, 2.45) is 4.99 Å². The second-order valence-corrected chi connectivity index (χ2v) is 5.78. The number of hydrogen-bond donors (Lipinski definition) is 0. The zero-order chi connectivity index (χ0) is 16.4. The fourth-order valence-corrected chi connectivity index (χ4v) is 2.73. The average Bonchev–Trinajstić information content (AvgIpc) is 2.82. The van der Waals surface area contributed by atoms with Gasteiger partial charge >= 0.3 is 0 Å². The van der Waals surface area contributed by atoms with Crippen LogP contribution in [0.25, 0.3) is 5.69 Å². The van der Waals surface area contributed by atoms with Gasteiger partial charge in [0.05, 0.1) is 5.69 Å². The number of hydrogen-bond acceptors (Lipinski definition) is 1. The van der Waals surface area contributed by atoms with E-state index in [9.17, 15) is 4.39 Å². The third kappa shape index (κ3) is 3.20. The summed E-state index contributed by atoms with van der Waals surface area (Å²) in [7, 11) is 0. The van der Waals surface area contributed by atoms with Crippen LogP contribution < -0.4 is 0 Å². The van der Waals surface area contributed by atoms with E-state index in [1.165, 1.54) is 6.07 Å². The van der Waals surface area contributed by atoms with Gasteiger partial charge in [0, 0.05) is 33.9 Å². The molecule has 0 spiro atoms. The van der Waals surface area contributed by atoms with E-state index < -0.39 is 0 Å². The molecule has 0 N–H and O–H groups in total.